The van der Waals surface area contributed by atoms with E-state index in [9.17, 15) is 5.11 Å². The van der Waals surface area contributed by atoms with Gasteiger partial charge in [-0.3, -0.25) is 4.98 Å². The minimum absolute atomic E-state index is 0.501. The van der Waals surface area contributed by atoms with E-state index in [-0.39, 0.29) is 0 Å². The molecule has 1 N–H and O–H groups in total. The summed E-state index contributed by atoms with van der Waals surface area (Å²) in [7, 11) is 0. The summed E-state index contributed by atoms with van der Waals surface area (Å²) in [5.41, 5.74) is 0.870. The zero-order chi connectivity index (χ0) is 10.7. The molecule has 0 amide bonds. The summed E-state index contributed by atoms with van der Waals surface area (Å²) >= 11 is 7.40. The third-order valence-electron chi connectivity index (χ3n) is 2.08. The average molecular weight is 240 g/mol. The van der Waals surface area contributed by atoms with Gasteiger partial charge in [-0.1, -0.05) is 17.7 Å². The lowest BCUT2D eigenvalue weighted by atomic mass is 10.1. The van der Waals surface area contributed by atoms with Crippen molar-refractivity contribution in [2.75, 3.05) is 0 Å². The van der Waals surface area contributed by atoms with E-state index >= 15 is 0 Å². The largest absolute Gasteiger partial charge is 0.387 e. The highest BCUT2D eigenvalue weighted by Crippen LogP contribution is 2.30. The van der Waals surface area contributed by atoms with Gasteiger partial charge in [-0.05, 0) is 23.6 Å². The number of nitrogens with zero attached hydrogens (tertiary/aromatic N) is 1. The number of aliphatic hydroxyl groups excluding tert-OH is 1. The number of aliphatic hydroxyl groups is 1. The zero-order valence-electron chi connectivity index (χ0n) is 7.93. The van der Waals surface area contributed by atoms with Crippen LogP contribution in [-0.2, 0) is 6.42 Å². The average Bonchev–Trinajstić information content (AvgIpc) is 2.66. The van der Waals surface area contributed by atoms with E-state index in [1.807, 2.05) is 23.6 Å². The monoisotopic (exact) mass is 239 g/mol. The Kier molecular flexibility index (Phi) is 3.36. The quantitative estimate of drug-likeness (QED) is 0.893. The molecule has 2 heterocycles. The molecule has 0 radical (unpaired) electrons. The summed E-state index contributed by atoms with van der Waals surface area (Å²) in [5.74, 6) is 0. The number of rotatable bonds is 3. The van der Waals surface area contributed by atoms with Crippen LogP contribution >= 0.6 is 22.9 Å². The lowest BCUT2D eigenvalue weighted by molar-refractivity contribution is 0.181. The fraction of sp³-hybridized carbons (Fsp3) is 0.182. The van der Waals surface area contributed by atoms with Crippen LogP contribution in [0.5, 0.6) is 0 Å². The van der Waals surface area contributed by atoms with Crippen molar-refractivity contribution in [3.8, 4) is 0 Å². The van der Waals surface area contributed by atoms with E-state index in [0.717, 1.165) is 10.6 Å². The van der Waals surface area contributed by atoms with Gasteiger partial charge in [-0.25, -0.2) is 0 Å². The number of aromatic nitrogens is 1. The molecule has 2 aromatic rings. The van der Waals surface area contributed by atoms with Gasteiger partial charge < -0.3 is 5.11 Å². The fourth-order valence-corrected chi connectivity index (χ4v) is 2.52. The van der Waals surface area contributed by atoms with Gasteiger partial charge in [0, 0.05) is 18.3 Å². The van der Waals surface area contributed by atoms with Gasteiger partial charge in [0.05, 0.1) is 16.0 Å². The van der Waals surface area contributed by atoms with Crippen LogP contribution in [0.15, 0.2) is 35.8 Å². The lowest BCUT2D eigenvalue weighted by Crippen LogP contribution is -2.01. The second-order valence-corrected chi connectivity index (χ2v) is 4.53. The van der Waals surface area contributed by atoms with Gasteiger partial charge in [-0.2, -0.15) is 0 Å². The first-order valence-corrected chi connectivity index (χ1v) is 5.84. The first-order chi connectivity index (χ1) is 7.27. The third-order valence-corrected chi connectivity index (χ3v) is 3.54. The highest BCUT2D eigenvalue weighted by atomic mass is 35.5. The molecule has 15 heavy (non-hydrogen) atoms. The molecule has 1 unspecified atom stereocenters. The smallest absolute Gasteiger partial charge is 0.0952 e. The molecule has 0 aliphatic heterocycles. The van der Waals surface area contributed by atoms with Crippen LogP contribution in [0.2, 0.25) is 5.02 Å². The maximum absolute atomic E-state index is 9.93. The molecule has 0 saturated heterocycles. The molecule has 0 fully saturated rings. The van der Waals surface area contributed by atoms with Gasteiger partial charge in [0.15, 0.2) is 0 Å². The van der Waals surface area contributed by atoms with Crippen LogP contribution in [-0.4, -0.2) is 10.1 Å². The molecule has 0 saturated carbocycles. The third kappa shape index (κ3) is 2.56. The Morgan fingerprint density at radius 1 is 1.40 bits per heavy atom. The minimum Gasteiger partial charge on any atom is -0.387 e. The molecule has 4 heteroatoms. The summed E-state index contributed by atoms with van der Waals surface area (Å²) in [6, 6.07) is 7.45. The number of hydrogen-bond acceptors (Lipinski definition) is 3. The van der Waals surface area contributed by atoms with E-state index in [0.29, 0.717) is 11.4 Å². The molecule has 2 aromatic heterocycles. The van der Waals surface area contributed by atoms with Crippen LogP contribution in [0.4, 0.5) is 0 Å². The first-order valence-electron chi connectivity index (χ1n) is 4.58. The van der Waals surface area contributed by atoms with Crippen LogP contribution in [0.3, 0.4) is 0 Å². The predicted octanol–water partition coefficient (Wildman–Crippen LogP) is 3.07. The second-order valence-electron chi connectivity index (χ2n) is 3.17. The van der Waals surface area contributed by atoms with Crippen LogP contribution < -0.4 is 0 Å². The topological polar surface area (TPSA) is 33.1 Å². The molecule has 2 nitrogen and oxygen atoms in total. The number of thiophene rings is 1. The van der Waals surface area contributed by atoms with E-state index < -0.39 is 6.10 Å². The summed E-state index contributed by atoms with van der Waals surface area (Å²) in [5, 5.41) is 12.4. The maximum atomic E-state index is 9.93. The highest BCUT2D eigenvalue weighted by molar-refractivity contribution is 7.10. The Hall–Kier alpha value is -0.900. The van der Waals surface area contributed by atoms with Gasteiger partial charge in [0.1, 0.15) is 0 Å². The van der Waals surface area contributed by atoms with Crippen molar-refractivity contribution in [2.45, 2.75) is 12.5 Å². The second kappa shape index (κ2) is 4.75. The SMILES string of the molecule is OC(Cc1ccccn1)c1sccc1Cl. The van der Waals surface area contributed by atoms with Gasteiger partial charge >= 0.3 is 0 Å². The standard InChI is InChI=1S/C11H10ClNOS/c12-9-4-6-15-11(9)10(14)7-8-3-1-2-5-13-8/h1-6,10,14H,7H2. The molecule has 0 bridgehead atoms. The molecule has 2 rings (SSSR count). The van der Waals surface area contributed by atoms with Crippen LogP contribution in [0.25, 0.3) is 0 Å². The van der Waals surface area contributed by atoms with Crippen molar-refractivity contribution in [3.05, 3.63) is 51.4 Å². The fourth-order valence-electron chi connectivity index (χ4n) is 1.35. The number of halogens is 1. The molecule has 0 aromatic carbocycles. The number of hydrogen-bond donors (Lipinski definition) is 1. The first kappa shape index (κ1) is 10.6. The van der Waals surface area contributed by atoms with Crippen LogP contribution in [0.1, 0.15) is 16.7 Å². The Balaban J connectivity index is 2.11. The van der Waals surface area contributed by atoms with Crippen molar-refractivity contribution in [2.24, 2.45) is 0 Å². The summed E-state index contributed by atoms with van der Waals surface area (Å²) in [6.45, 7) is 0. The minimum atomic E-state index is -0.563. The van der Waals surface area contributed by atoms with Gasteiger partial charge in [-0.15, -0.1) is 11.3 Å². The molecule has 78 valence electrons. The Morgan fingerprint density at radius 3 is 2.87 bits per heavy atom. The molecule has 0 spiro atoms. The summed E-state index contributed by atoms with van der Waals surface area (Å²) < 4.78 is 0. The molecule has 0 aliphatic rings. The van der Waals surface area contributed by atoms with E-state index in [1.165, 1.54) is 11.3 Å². The summed E-state index contributed by atoms with van der Waals surface area (Å²) in [6.07, 6.45) is 1.66. The van der Waals surface area contributed by atoms with Crippen molar-refractivity contribution >= 4 is 22.9 Å². The Morgan fingerprint density at radius 2 is 2.27 bits per heavy atom. The van der Waals surface area contributed by atoms with E-state index in [1.54, 1.807) is 12.3 Å². The number of pyridine rings is 1. The van der Waals surface area contributed by atoms with Crippen LogP contribution in [0, 0.1) is 0 Å². The zero-order valence-corrected chi connectivity index (χ0v) is 9.50. The van der Waals surface area contributed by atoms with Crippen molar-refractivity contribution in [1.29, 1.82) is 0 Å². The van der Waals surface area contributed by atoms with E-state index in [4.69, 9.17) is 11.6 Å². The van der Waals surface area contributed by atoms with Gasteiger partial charge in [0.25, 0.3) is 0 Å². The molecular formula is C11H10ClNOS. The normalized spacial score (nSPS) is 12.7. The molecule has 1 atom stereocenters. The molecule has 0 aliphatic carbocycles. The Labute approximate surface area is 97.2 Å². The van der Waals surface area contributed by atoms with Crippen molar-refractivity contribution < 1.29 is 5.11 Å². The van der Waals surface area contributed by atoms with Crippen molar-refractivity contribution in [3.63, 3.8) is 0 Å². The van der Waals surface area contributed by atoms with Gasteiger partial charge in [0.2, 0.25) is 0 Å². The van der Waals surface area contributed by atoms with Crippen molar-refractivity contribution in [1.82, 2.24) is 4.98 Å². The molecular weight excluding hydrogens is 230 g/mol. The lowest BCUT2D eigenvalue weighted by Gasteiger charge is -2.08. The predicted molar refractivity (Wildman–Crippen MR) is 62.2 cm³/mol. The maximum Gasteiger partial charge on any atom is 0.0952 e. The highest BCUT2D eigenvalue weighted by Gasteiger charge is 2.13. The van der Waals surface area contributed by atoms with E-state index in [2.05, 4.69) is 4.98 Å². The summed E-state index contributed by atoms with van der Waals surface area (Å²) in [4.78, 5) is 4.97. The Bertz CT molecular complexity index is 429.